The van der Waals surface area contributed by atoms with E-state index in [1.54, 1.807) is 12.1 Å². The molecule has 4 rings (SSSR count). The molecule has 0 saturated carbocycles. The molecule has 1 aromatic carbocycles. The van der Waals surface area contributed by atoms with Crippen molar-refractivity contribution in [2.75, 3.05) is 39.5 Å². The van der Waals surface area contributed by atoms with Crippen LogP contribution in [0.4, 0.5) is 5.69 Å². The number of non-ortho nitro benzene ring substituents is 1. The lowest BCUT2D eigenvalue weighted by Gasteiger charge is -2.26. The van der Waals surface area contributed by atoms with Gasteiger partial charge in [0.25, 0.3) is 5.69 Å². The summed E-state index contributed by atoms with van der Waals surface area (Å²) in [6.45, 7) is 5.28. The fourth-order valence-electron chi connectivity index (χ4n) is 3.25. The van der Waals surface area contributed by atoms with Gasteiger partial charge in [0.15, 0.2) is 0 Å². The number of imidazole rings is 1. The third kappa shape index (κ3) is 4.29. The summed E-state index contributed by atoms with van der Waals surface area (Å²) in [6.07, 6.45) is 4.78. The van der Waals surface area contributed by atoms with Crippen LogP contribution in [0.5, 0.6) is 5.75 Å². The molecule has 0 radical (unpaired) electrons. The summed E-state index contributed by atoms with van der Waals surface area (Å²) < 4.78 is 13.1. The molecule has 3 aromatic rings. The largest absolute Gasteiger partial charge is 0.493 e. The maximum atomic E-state index is 10.8. The first-order valence-electron chi connectivity index (χ1n) is 9.35. The maximum absolute atomic E-state index is 10.8. The van der Waals surface area contributed by atoms with Crippen molar-refractivity contribution in [2.24, 2.45) is 0 Å². The number of hydrogen-bond donors (Lipinski definition) is 0. The Kier molecular flexibility index (Phi) is 5.50. The highest BCUT2D eigenvalue weighted by Gasteiger charge is 2.10. The van der Waals surface area contributed by atoms with Crippen LogP contribution < -0.4 is 4.74 Å². The third-order valence-electron chi connectivity index (χ3n) is 4.80. The average molecular weight is 382 g/mol. The minimum absolute atomic E-state index is 0.0697. The summed E-state index contributed by atoms with van der Waals surface area (Å²) >= 11 is 0. The molecule has 28 heavy (non-hydrogen) atoms. The van der Waals surface area contributed by atoms with Gasteiger partial charge in [0.1, 0.15) is 11.4 Å². The van der Waals surface area contributed by atoms with Crippen molar-refractivity contribution in [3.8, 4) is 17.0 Å². The highest BCUT2D eigenvalue weighted by atomic mass is 16.6. The van der Waals surface area contributed by atoms with Crippen LogP contribution in [-0.4, -0.2) is 58.7 Å². The first-order chi connectivity index (χ1) is 13.7. The number of rotatable bonds is 7. The SMILES string of the molecule is O=[N+]([O-])c1ccc(-c2cn3ccc(OCCCN4CCOCC4)cc3n2)cc1. The van der Waals surface area contributed by atoms with E-state index < -0.39 is 4.92 Å². The van der Waals surface area contributed by atoms with Crippen molar-refractivity contribution in [3.05, 3.63) is 58.9 Å². The Morgan fingerprint density at radius 3 is 2.71 bits per heavy atom. The highest BCUT2D eigenvalue weighted by Crippen LogP contribution is 2.23. The van der Waals surface area contributed by atoms with Gasteiger partial charge in [0.05, 0.1) is 30.4 Å². The quantitative estimate of drug-likeness (QED) is 0.355. The standard InChI is InChI=1S/C20H22N4O4/c25-24(26)17-4-2-16(3-5-17)19-15-23-8-6-18(14-20(23)21-19)28-11-1-7-22-9-12-27-13-10-22/h2-6,8,14-15H,1,7,9-13H2. The van der Waals surface area contributed by atoms with E-state index in [1.807, 2.05) is 28.9 Å². The molecule has 3 heterocycles. The van der Waals surface area contributed by atoms with E-state index in [1.165, 1.54) is 12.1 Å². The van der Waals surface area contributed by atoms with Crippen molar-refractivity contribution < 1.29 is 14.4 Å². The van der Waals surface area contributed by atoms with Crippen molar-refractivity contribution in [1.29, 1.82) is 0 Å². The Hall–Kier alpha value is -2.97. The Balaban J connectivity index is 1.38. The van der Waals surface area contributed by atoms with E-state index in [0.717, 1.165) is 61.9 Å². The molecule has 0 unspecified atom stereocenters. The summed E-state index contributed by atoms with van der Waals surface area (Å²) in [5.74, 6) is 0.787. The van der Waals surface area contributed by atoms with Gasteiger partial charge in [-0.25, -0.2) is 4.98 Å². The van der Waals surface area contributed by atoms with E-state index in [-0.39, 0.29) is 5.69 Å². The van der Waals surface area contributed by atoms with Gasteiger partial charge in [0, 0.05) is 55.8 Å². The molecular weight excluding hydrogens is 360 g/mol. The number of nitrogens with zero attached hydrogens (tertiary/aromatic N) is 4. The maximum Gasteiger partial charge on any atom is 0.269 e. The van der Waals surface area contributed by atoms with Gasteiger partial charge in [-0.05, 0) is 24.6 Å². The number of morpholine rings is 1. The molecule has 0 atom stereocenters. The zero-order chi connectivity index (χ0) is 19.3. The molecule has 0 aliphatic carbocycles. The Morgan fingerprint density at radius 1 is 1.18 bits per heavy atom. The number of pyridine rings is 1. The molecule has 0 N–H and O–H groups in total. The number of nitro groups is 1. The van der Waals surface area contributed by atoms with Gasteiger partial charge in [-0.1, -0.05) is 0 Å². The van der Waals surface area contributed by atoms with Crippen LogP contribution in [0.15, 0.2) is 48.8 Å². The molecule has 0 spiro atoms. The minimum Gasteiger partial charge on any atom is -0.493 e. The molecule has 0 amide bonds. The number of fused-ring (bicyclic) bond motifs is 1. The Bertz CT molecular complexity index is 948. The molecule has 146 valence electrons. The molecule has 1 aliphatic heterocycles. The number of nitro benzene ring substituents is 1. The van der Waals surface area contributed by atoms with E-state index in [9.17, 15) is 10.1 Å². The van der Waals surface area contributed by atoms with Crippen LogP contribution in [0.2, 0.25) is 0 Å². The summed E-state index contributed by atoms with van der Waals surface area (Å²) in [6, 6.07) is 10.2. The predicted molar refractivity (Wildman–Crippen MR) is 105 cm³/mol. The molecule has 1 aliphatic rings. The van der Waals surface area contributed by atoms with Gasteiger partial charge in [-0.2, -0.15) is 0 Å². The molecule has 2 aromatic heterocycles. The van der Waals surface area contributed by atoms with Gasteiger partial charge in [-0.15, -0.1) is 0 Å². The van der Waals surface area contributed by atoms with Gasteiger partial charge in [0.2, 0.25) is 0 Å². The lowest BCUT2D eigenvalue weighted by atomic mass is 10.1. The summed E-state index contributed by atoms with van der Waals surface area (Å²) in [4.78, 5) is 17.4. The van der Waals surface area contributed by atoms with Crippen molar-refractivity contribution in [1.82, 2.24) is 14.3 Å². The van der Waals surface area contributed by atoms with Crippen molar-refractivity contribution >= 4 is 11.3 Å². The lowest BCUT2D eigenvalue weighted by Crippen LogP contribution is -2.37. The molecule has 8 heteroatoms. The van der Waals surface area contributed by atoms with Crippen LogP contribution in [-0.2, 0) is 4.74 Å². The van der Waals surface area contributed by atoms with E-state index in [4.69, 9.17) is 9.47 Å². The van der Waals surface area contributed by atoms with Gasteiger partial charge < -0.3 is 13.9 Å². The first kappa shape index (κ1) is 18.4. The summed E-state index contributed by atoms with van der Waals surface area (Å²) in [5.41, 5.74) is 2.45. The minimum atomic E-state index is -0.407. The van der Waals surface area contributed by atoms with Gasteiger partial charge in [-0.3, -0.25) is 15.0 Å². The van der Waals surface area contributed by atoms with Crippen LogP contribution >= 0.6 is 0 Å². The lowest BCUT2D eigenvalue weighted by molar-refractivity contribution is -0.384. The fourth-order valence-corrected chi connectivity index (χ4v) is 3.25. The number of aromatic nitrogens is 2. The number of benzene rings is 1. The van der Waals surface area contributed by atoms with Gasteiger partial charge >= 0.3 is 0 Å². The molecule has 1 saturated heterocycles. The number of hydrogen-bond acceptors (Lipinski definition) is 6. The van der Waals surface area contributed by atoms with E-state index in [0.29, 0.717) is 6.61 Å². The Labute approximate surface area is 162 Å². The average Bonchev–Trinajstić information content (AvgIpc) is 3.15. The predicted octanol–water partition coefficient (Wildman–Crippen LogP) is 3.01. The monoisotopic (exact) mass is 382 g/mol. The highest BCUT2D eigenvalue weighted by molar-refractivity contribution is 5.64. The second-order valence-electron chi connectivity index (χ2n) is 6.71. The molecule has 8 nitrogen and oxygen atoms in total. The van der Waals surface area contributed by atoms with Crippen LogP contribution in [0.1, 0.15) is 6.42 Å². The van der Waals surface area contributed by atoms with E-state index in [2.05, 4.69) is 9.88 Å². The molecule has 0 bridgehead atoms. The van der Waals surface area contributed by atoms with Crippen molar-refractivity contribution in [3.63, 3.8) is 0 Å². The molecular formula is C20H22N4O4. The zero-order valence-electron chi connectivity index (χ0n) is 15.5. The van der Waals surface area contributed by atoms with Crippen molar-refractivity contribution in [2.45, 2.75) is 6.42 Å². The first-order valence-corrected chi connectivity index (χ1v) is 9.35. The van der Waals surface area contributed by atoms with Crippen LogP contribution in [0.3, 0.4) is 0 Å². The summed E-state index contributed by atoms with van der Waals surface area (Å²) in [5, 5.41) is 10.8. The van der Waals surface area contributed by atoms with Crippen LogP contribution in [0, 0.1) is 10.1 Å². The topological polar surface area (TPSA) is 82.1 Å². The number of ether oxygens (including phenoxy) is 2. The van der Waals surface area contributed by atoms with Crippen LogP contribution in [0.25, 0.3) is 16.9 Å². The Morgan fingerprint density at radius 2 is 1.96 bits per heavy atom. The fraction of sp³-hybridized carbons (Fsp3) is 0.350. The summed E-state index contributed by atoms with van der Waals surface area (Å²) in [7, 11) is 0. The second-order valence-corrected chi connectivity index (χ2v) is 6.71. The smallest absolute Gasteiger partial charge is 0.269 e. The zero-order valence-corrected chi connectivity index (χ0v) is 15.5. The molecule has 1 fully saturated rings. The second kappa shape index (κ2) is 8.37. The van der Waals surface area contributed by atoms with E-state index >= 15 is 0 Å². The normalized spacial score (nSPS) is 15.0. The third-order valence-corrected chi connectivity index (χ3v) is 4.80.